The molecule has 5 heteroatoms. The number of hydrogen-bond acceptors (Lipinski definition) is 1. The van der Waals surface area contributed by atoms with E-state index in [1.54, 1.807) is 6.07 Å². The van der Waals surface area contributed by atoms with Gasteiger partial charge in [0.15, 0.2) is 0 Å². The molecule has 0 bridgehead atoms. The van der Waals surface area contributed by atoms with E-state index in [2.05, 4.69) is 11.9 Å². The number of aromatic nitrogens is 2. The Hall–Kier alpha value is -2.30. The molecule has 0 aliphatic rings. The summed E-state index contributed by atoms with van der Waals surface area (Å²) in [5.74, 6) is 0.589. The summed E-state index contributed by atoms with van der Waals surface area (Å²) >= 11 is 0. The number of benzene rings is 2. The van der Waals surface area contributed by atoms with Crippen LogP contribution in [0.4, 0.5) is 13.2 Å². The van der Waals surface area contributed by atoms with Crippen LogP contribution in [-0.4, -0.2) is 9.55 Å². The zero-order valence-corrected chi connectivity index (χ0v) is 12.8. The van der Waals surface area contributed by atoms with Gasteiger partial charge in [-0.05, 0) is 30.7 Å². The molecule has 23 heavy (non-hydrogen) atoms. The number of unbranched alkanes of at least 4 members (excludes halogenated alkanes) is 1. The maximum atomic E-state index is 13.0. The van der Waals surface area contributed by atoms with Crippen LogP contribution in [0.1, 0.15) is 25.3 Å². The first-order valence-electron chi connectivity index (χ1n) is 7.63. The maximum absolute atomic E-state index is 13.0. The van der Waals surface area contributed by atoms with Crippen LogP contribution in [0.5, 0.6) is 0 Å². The van der Waals surface area contributed by atoms with Crippen molar-refractivity contribution >= 4 is 11.0 Å². The van der Waals surface area contributed by atoms with Gasteiger partial charge in [0.05, 0.1) is 16.6 Å². The molecule has 0 aliphatic carbocycles. The summed E-state index contributed by atoms with van der Waals surface area (Å²) in [7, 11) is 0. The lowest BCUT2D eigenvalue weighted by Gasteiger charge is -2.11. The fourth-order valence-electron chi connectivity index (χ4n) is 2.67. The molecule has 2 nitrogen and oxygen atoms in total. The second-order valence-electron chi connectivity index (χ2n) is 5.51. The molecule has 0 saturated carbocycles. The SMILES string of the molecule is CCCCn1c(-c2cccc(C(F)(F)F)c2)nc2ccccc21. The molecule has 0 unspecified atom stereocenters. The van der Waals surface area contributed by atoms with E-state index >= 15 is 0 Å². The fraction of sp³-hybridized carbons (Fsp3) is 0.278. The predicted octanol–water partition coefficient (Wildman–Crippen LogP) is 5.52. The molecule has 2 aromatic carbocycles. The quantitative estimate of drug-likeness (QED) is 0.619. The van der Waals surface area contributed by atoms with Crippen LogP contribution >= 0.6 is 0 Å². The van der Waals surface area contributed by atoms with Crippen molar-refractivity contribution in [2.24, 2.45) is 0 Å². The van der Waals surface area contributed by atoms with E-state index in [9.17, 15) is 13.2 Å². The minimum Gasteiger partial charge on any atom is -0.324 e. The number of rotatable bonds is 4. The molecule has 120 valence electrons. The highest BCUT2D eigenvalue weighted by Crippen LogP contribution is 2.33. The van der Waals surface area contributed by atoms with Crippen LogP contribution in [0.25, 0.3) is 22.4 Å². The van der Waals surface area contributed by atoms with Crippen molar-refractivity contribution in [3.05, 3.63) is 54.1 Å². The molecule has 0 aliphatic heterocycles. The van der Waals surface area contributed by atoms with E-state index in [-0.39, 0.29) is 0 Å². The molecule has 0 N–H and O–H groups in total. The van der Waals surface area contributed by atoms with Crippen LogP contribution in [-0.2, 0) is 12.7 Å². The molecule has 0 atom stereocenters. The maximum Gasteiger partial charge on any atom is 0.416 e. The first-order chi connectivity index (χ1) is 11.0. The van der Waals surface area contributed by atoms with Crippen molar-refractivity contribution in [2.75, 3.05) is 0 Å². The molecule has 3 rings (SSSR count). The fourth-order valence-corrected chi connectivity index (χ4v) is 2.67. The van der Waals surface area contributed by atoms with Gasteiger partial charge in [0, 0.05) is 12.1 Å². The Morgan fingerprint density at radius 3 is 2.57 bits per heavy atom. The highest BCUT2D eigenvalue weighted by molar-refractivity contribution is 5.80. The third-order valence-electron chi connectivity index (χ3n) is 3.84. The van der Waals surface area contributed by atoms with Crippen molar-refractivity contribution in [3.63, 3.8) is 0 Å². The first kappa shape index (κ1) is 15.6. The third-order valence-corrected chi connectivity index (χ3v) is 3.84. The van der Waals surface area contributed by atoms with Crippen molar-refractivity contribution < 1.29 is 13.2 Å². The van der Waals surface area contributed by atoms with Crippen molar-refractivity contribution in [1.29, 1.82) is 0 Å². The Kier molecular flexibility index (Phi) is 4.11. The average Bonchev–Trinajstić information content (AvgIpc) is 2.91. The van der Waals surface area contributed by atoms with E-state index in [4.69, 9.17) is 0 Å². The Labute approximate surface area is 132 Å². The molecule has 0 amide bonds. The molecule has 3 aromatic rings. The van der Waals surface area contributed by atoms with Gasteiger partial charge in [0.1, 0.15) is 5.82 Å². The molecule has 0 radical (unpaired) electrons. The van der Waals surface area contributed by atoms with Crippen LogP contribution in [0, 0.1) is 0 Å². The predicted molar refractivity (Wildman–Crippen MR) is 85.1 cm³/mol. The van der Waals surface area contributed by atoms with Gasteiger partial charge in [-0.3, -0.25) is 0 Å². The Morgan fingerprint density at radius 1 is 1.04 bits per heavy atom. The summed E-state index contributed by atoms with van der Waals surface area (Å²) in [4.78, 5) is 4.55. The van der Waals surface area contributed by atoms with Gasteiger partial charge in [-0.25, -0.2) is 4.98 Å². The number of hydrogen-bond donors (Lipinski definition) is 0. The van der Waals surface area contributed by atoms with Gasteiger partial charge >= 0.3 is 6.18 Å². The van der Waals surface area contributed by atoms with Crippen LogP contribution < -0.4 is 0 Å². The van der Waals surface area contributed by atoms with E-state index in [0.29, 0.717) is 11.4 Å². The Bertz CT molecular complexity index is 818. The van der Waals surface area contributed by atoms with Crippen LogP contribution in [0.3, 0.4) is 0 Å². The van der Waals surface area contributed by atoms with Crippen molar-refractivity contribution in [2.45, 2.75) is 32.5 Å². The number of alkyl halides is 3. The first-order valence-corrected chi connectivity index (χ1v) is 7.63. The summed E-state index contributed by atoms with van der Waals surface area (Å²) in [6.45, 7) is 2.83. The zero-order valence-electron chi connectivity index (χ0n) is 12.8. The smallest absolute Gasteiger partial charge is 0.324 e. The minimum absolute atomic E-state index is 0.493. The molecular weight excluding hydrogens is 301 g/mol. The lowest BCUT2D eigenvalue weighted by molar-refractivity contribution is -0.137. The normalized spacial score (nSPS) is 12.0. The lowest BCUT2D eigenvalue weighted by Crippen LogP contribution is -2.06. The van der Waals surface area contributed by atoms with Crippen molar-refractivity contribution in [3.8, 4) is 11.4 Å². The average molecular weight is 318 g/mol. The van der Waals surface area contributed by atoms with Crippen LogP contribution in [0.15, 0.2) is 48.5 Å². The van der Waals surface area contributed by atoms with Gasteiger partial charge in [0.25, 0.3) is 0 Å². The molecular formula is C18H17F3N2. The zero-order chi connectivity index (χ0) is 16.4. The van der Waals surface area contributed by atoms with Crippen LogP contribution in [0.2, 0.25) is 0 Å². The van der Waals surface area contributed by atoms with Gasteiger partial charge in [-0.2, -0.15) is 13.2 Å². The summed E-state index contributed by atoms with van der Waals surface area (Å²) in [5, 5.41) is 0. The van der Waals surface area contributed by atoms with Gasteiger partial charge in [-0.1, -0.05) is 37.6 Å². The number of nitrogens with zero attached hydrogens (tertiary/aromatic N) is 2. The van der Waals surface area contributed by atoms with Gasteiger partial charge in [0.2, 0.25) is 0 Å². The lowest BCUT2D eigenvalue weighted by atomic mass is 10.1. The van der Waals surface area contributed by atoms with E-state index < -0.39 is 11.7 Å². The van der Waals surface area contributed by atoms with E-state index in [0.717, 1.165) is 36.5 Å². The Balaban J connectivity index is 2.15. The summed E-state index contributed by atoms with van der Waals surface area (Å²) in [5.41, 5.74) is 1.60. The van der Waals surface area contributed by atoms with Gasteiger partial charge in [-0.15, -0.1) is 0 Å². The number of para-hydroxylation sites is 2. The second-order valence-corrected chi connectivity index (χ2v) is 5.51. The molecule has 1 aromatic heterocycles. The van der Waals surface area contributed by atoms with Gasteiger partial charge < -0.3 is 4.57 Å². The minimum atomic E-state index is -4.35. The third kappa shape index (κ3) is 3.09. The monoisotopic (exact) mass is 318 g/mol. The highest BCUT2D eigenvalue weighted by atomic mass is 19.4. The molecule has 1 heterocycles. The standard InChI is InChI=1S/C18H17F3N2/c1-2-3-11-23-16-10-5-4-9-15(16)22-17(23)13-7-6-8-14(12-13)18(19,20)21/h4-10,12H,2-3,11H2,1H3. The van der Waals surface area contributed by atoms with Crippen molar-refractivity contribution in [1.82, 2.24) is 9.55 Å². The molecule has 0 saturated heterocycles. The number of imidazole rings is 1. The number of halogens is 3. The molecule has 0 fully saturated rings. The number of fused-ring (bicyclic) bond motifs is 1. The van der Waals surface area contributed by atoms with E-state index in [1.165, 1.54) is 12.1 Å². The summed E-state index contributed by atoms with van der Waals surface area (Å²) in [6.07, 6.45) is -2.39. The second kappa shape index (κ2) is 6.07. The number of aryl methyl sites for hydroxylation is 1. The Morgan fingerprint density at radius 2 is 1.83 bits per heavy atom. The molecule has 0 spiro atoms. The summed E-state index contributed by atoms with van der Waals surface area (Å²) in [6, 6.07) is 13.0. The summed E-state index contributed by atoms with van der Waals surface area (Å²) < 4.78 is 40.9. The van der Waals surface area contributed by atoms with E-state index in [1.807, 2.05) is 28.8 Å². The largest absolute Gasteiger partial charge is 0.416 e. The highest BCUT2D eigenvalue weighted by Gasteiger charge is 2.30. The topological polar surface area (TPSA) is 17.8 Å².